The molecule has 0 aromatic carbocycles. The Kier molecular flexibility index (Phi) is 2.68. The molecule has 2 N–H and O–H groups in total. The molecule has 0 aliphatic carbocycles. The predicted octanol–water partition coefficient (Wildman–Crippen LogP) is 2.44. The molecule has 0 fully saturated rings. The Hall–Kier alpha value is -0.0900. The predicted molar refractivity (Wildman–Crippen MR) is 42.7 cm³/mol. The first-order chi connectivity index (χ1) is 4.74. The van der Waals surface area contributed by atoms with Crippen LogP contribution < -0.4 is 5.48 Å². The Morgan fingerprint density at radius 2 is 2.50 bits per heavy atom. The van der Waals surface area contributed by atoms with Crippen molar-refractivity contribution < 1.29 is 5.21 Å². The van der Waals surface area contributed by atoms with Gasteiger partial charge in [-0.1, -0.05) is 11.6 Å². The van der Waals surface area contributed by atoms with Gasteiger partial charge in [-0.2, -0.15) is 5.48 Å². The second kappa shape index (κ2) is 3.34. The average Bonchev–Trinajstić information content (AvgIpc) is 2.34. The van der Waals surface area contributed by atoms with Gasteiger partial charge in [0.05, 0.1) is 10.4 Å². The van der Waals surface area contributed by atoms with Crippen LogP contribution in [0, 0.1) is 0 Å². The van der Waals surface area contributed by atoms with E-state index in [1.54, 1.807) is 0 Å². The van der Waals surface area contributed by atoms with Crippen molar-refractivity contribution in [3.05, 3.63) is 21.3 Å². The van der Waals surface area contributed by atoms with Gasteiger partial charge in [0.1, 0.15) is 0 Å². The first-order valence-electron chi connectivity index (χ1n) is 2.87. The highest BCUT2D eigenvalue weighted by atomic mass is 35.5. The summed E-state index contributed by atoms with van der Waals surface area (Å²) in [6, 6.07) is 1.80. The third kappa shape index (κ3) is 1.70. The zero-order chi connectivity index (χ0) is 7.56. The molecule has 1 aromatic heterocycles. The van der Waals surface area contributed by atoms with Crippen LogP contribution in [0.15, 0.2) is 11.4 Å². The minimum Gasteiger partial charge on any atom is -0.316 e. The van der Waals surface area contributed by atoms with E-state index in [0.717, 1.165) is 9.90 Å². The van der Waals surface area contributed by atoms with Gasteiger partial charge in [-0.25, -0.2) is 0 Å². The number of thiophene rings is 1. The number of rotatable bonds is 2. The second-order valence-corrected chi connectivity index (χ2v) is 3.58. The maximum absolute atomic E-state index is 8.51. The molecule has 1 atom stereocenters. The van der Waals surface area contributed by atoms with Crippen molar-refractivity contribution in [2.75, 3.05) is 0 Å². The molecule has 1 unspecified atom stereocenters. The molecule has 0 aliphatic heterocycles. The van der Waals surface area contributed by atoms with Gasteiger partial charge in [0.25, 0.3) is 0 Å². The number of hydrogen-bond acceptors (Lipinski definition) is 3. The summed E-state index contributed by atoms with van der Waals surface area (Å²) >= 11 is 7.13. The Morgan fingerprint density at radius 1 is 1.80 bits per heavy atom. The lowest BCUT2D eigenvalue weighted by Gasteiger charge is -2.03. The standard InChI is InChI=1S/C6H8ClNOS/c1-4(8-9)5-2-6(7)10-3-5/h2-4,8-9H,1H3. The third-order valence-corrected chi connectivity index (χ3v) is 2.39. The highest BCUT2D eigenvalue weighted by molar-refractivity contribution is 7.14. The quantitative estimate of drug-likeness (QED) is 0.681. The second-order valence-electron chi connectivity index (χ2n) is 2.03. The molecule has 1 heterocycles. The highest BCUT2D eigenvalue weighted by Crippen LogP contribution is 2.23. The summed E-state index contributed by atoms with van der Waals surface area (Å²) in [5.74, 6) is 0. The molecular formula is C6H8ClNOS. The fraction of sp³-hybridized carbons (Fsp3) is 0.333. The van der Waals surface area contributed by atoms with Gasteiger partial charge in [0, 0.05) is 0 Å². The molecule has 0 aliphatic rings. The number of nitrogens with one attached hydrogen (secondary N) is 1. The lowest BCUT2D eigenvalue weighted by atomic mass is 10.2. The van der Waals surface area contributed by atoms with Crippen LogP contribution in [-0.2, 0) is 0 Å². The van der Waals surface area contributed by atoms with Crippen LogP contribution in [0.3, 0.4) is 0 Å². The zero-order valence-electron chi connectivity index (χ0n) is 5.47. The monoisotopic (exact) mass is 177 g/mol. The van der Waals surface area contributed by atoms with Crippen LogP contribution in [0.1, 0.15) is 18.5 Å². The zero-order valence-corrected chi connectivity index (χ0v) is 7.04. The molecule has 1 aromatic rings. The molecule has 0 radical (unpaired) electrons. The van der Waals surface area contributed by atoms with E-state index in [1.165, 1.54) is 11.3 Å². The van der Waals surface area contributed by atoms with Gasteiger partial charge in [0.15, 0.2) is 0 Å². The van der Waals surface area contributed by atoms with Crippen LogP contribution in [0.4, 0.5) is 0 Å². The van der Waals surface area contributed by atoms with E-state index in [9.17, 15) is 0 Å². The van der Waals surface area contributed by atoms with E-state index in [-0.39, 0.29) is 6.04 Å². The molecule has 1 rings (SSSR count). The number of hydroxylamine groups is 1. The lowest BCUT2D eigenvalue weighted by Crippen LogP contribution is -2.11. The number of halogens is 1. The molecule has 0 saturated heterocycles. The van der Waals surface area contributed by atoms with E-state index < -0.39 is 0 Å². The largest absolute Gasteiger partial charge is 0.316 e. The van der Waals surface area contributed by atoms with Crippen LogP contribution in [0.25, 0.3) is 0 Å². The SMILES string of the molecule is CC(NO)c1csc(Cl)c1. The van der Waals surface area contributed by atoms with E-state index in [2.05, 4.69) is 5.48 Å². The van der Waals surface area contributed by atoms with Crippen LogP contribution in [0.5, 0.6) is 0 Å². The van der Waals surface area contributed by atoms with Crippen molar-refractivity contribution in [2.24, 2.45) is 0 Å². The fourth-order valence-electron chi connectivity index (χ4n) is 0.625. The molecule has 4 heteroatoms. The van der Waals surface area contributed by atoms with Crippen molar-refractivity contribution in [3.63, 3.8) is 0 Å². The Balaban J connectivity index is 2.74. The highest BCUT2D eigenvalue weighted by Gasteiger charge is 2.04. The fourth-order valence-corrected chi connectivity index (χ4v) is 1.61. The van der Waals surface area contributed by atoms with Crippen molar-refractivity contribution in [1.29, 1.82) is 0 Å². The maximum Gasteiger partial charge on any atom is 0.0931 e. The molecule has 0 saturated carbocycles. The van der Waals surface area contributed by atoms with Gasteiger partial charge < -0.3 is 5.21 Å². The molecule has 56 valence electrons. The lowest BCUT2D eigenvalue weighted by molar-refractivity contribution is 0.133. The first kappa shape index (κ1) is 8.01. The molecule has 0 spiro atoms. The smallest absolute Gasteiger partial charge is 0.0931 e. The van der Waals surface area contributed by atoms with Gasteiger partial charge in [-0.3, -0.25) is 0 Å². The summed E-state index contributed by atoms with van der Waals surface area (Å²) in [5.41, 5.74) is 3.15. The summed E-state index contributed by atoms with van der Waals surface area (Å²) in [4.78, 5) is 0. The van der Waals surface area contributed by atoms with Crippen LogP contribution in [-0.4, -0.2) is 5.21 Å². The number of hydrogen-bond donors (Lipinski definition) is 2. The minimum absolute atomic E-state index is 0.0382. The van der Waals surface area contributed by atoms with Gasteiger partial charge in [-0.15, -0.1) is 11.3 Å². The topological polar surface area (TPSA) is 32.3 Å². The van der Waals surface area contributed by atoms with Crippen molar-refractivity contribution in [2.45, 2.75) is 13.0 Å². The Bertz CT molecular complexity index is 213. The summed E-state index contributed by atoms with van der Waals surface area (Å²) < 4.78 is 0.747. The molecule has 10 heavy (non-hydrogen) atoms. The molecule has 0 amide bonds. The van der Waals surface area contributed by atoms with Crippen molar-refractivity contribution in [1.82, 2.24) is 5.48 Å². The maximum atomic E-state index is 8.51. The first-order valence-corrected chi connectivity index (χ1v) is 4.13. The summed E-state index contributed by atoms with van der Waals surface area (Å²) in [6.07, 6.45) is 0. The summed E-state index contributed by atoms with van der Waals surface area (Å²) in [5, 5.41) is 10.4. The summed E-state index contributed by atoms with van der Waals surface area (Å²) in [7, 11) is 0. The summed E-state index contributed by atoms with van der Waals surface area (Å²) in [6.45, 7) is 1.86. The van der Waals surface area contributed by atoms with Crippen LogP contribution in [0.2, 0.25) is 4.34 Å². The molecule has 2 nitrogen and oxygen atoms in total. The average molecular weight is 178 g/mol. The Labute approximate surface area is 68.4 Å². The van der Waals surface area contributed by atoms with E-state index in [4.69, 9.17) is 16.8 Å². The van der Waals surface area contributed by atoms with Crippen LogP contribution >= 0.6 is 22.9 Å². The van der Waals surface area contributed by atoms with Gasteiger partial charge >= 0.3 is 0 Å². The van der Waals surface area contributed by atoms with Gasteiger partial charge in [0.2, 0.25) is 0 Å². The van der Waals surface area contributed by atoms with Crippen molar-refractivity contribution in [3.8, 4) is 0 Å². The van der Waals surface area contributed by atoms with E-state index in [0.29, 0.717) is 0 Å². The third-order valence-electron chi connectivity index (χ3n) is 1.28. The van der Waals surface area contributed by atoms with Gasteiger partial charge in [-0.05, 0) is 23.9 Å². The Morgan fingerprint density at radius 3 is 2.90 bits per heavy atom. The van der Waals surface area contributed by atoms with E-state index >= 15 is 0 Å². The normalized spacial score (nSPS) is 13.5. The van der Waals surface area contributed by atoms with E-state index in [1.807, 2.05) is 18.4 Å². The molecule has 0 bridgehead atoms. The molecular weight excluding hydrogens is 170 g/mol. The minimum atomic E-state index is -0.0382. The van der Waals surface area contributed by atoms with Crippen molar-refractivity contribution >= 4 is 22.9 Å².